The summed E-state index contributed by atoms with van der Waals surface area (Å²) in [7, 11) is 4.84. The van der Waals surface area contributed by atoms with Crippen molar-refractivity contribution in [1.82, 2.24) is 0 Å². The molecule has 4 nitrogen and oxygen atoms in total. The third-order valence-corrected chi connectivity index (χ3v) is 3.74. The van der Waals surface area contributed by atoms with Crippen LogP contribution in [0.25, 0.3) is 0 Å². The van der Waals surface area contributed by atoms with Gasteiger partial charge in [0.25, 0.3) is 0 Å². The molecule has 0 amide bonds. The summed E-state index contributed by atoms with van der Waals surface area (Å²) in [5, 5.41) is 0. The Morgan fingerprint density at radius 3 is 1.90 bits per heavy atom. The molecule has 0 N–H and O–H groups in total. The van der Waals surface area contributed by atoms with Crippen molar-refractivity contribution in [3.63, 3.8) is 0 Å². The van der Waals surface area contributed by atoms with Gasteiger partial charge in [-0.3, -0.25) is 0 Å². The van der Waals surface area contributed by atoms with Crippen LogP contribution in [0.2, 0.25) is 0 Å². The first-order chi connectivity index (χ1) is 10.1. The Kier molecular flexibility index (Phi) is 4.96. The van der Waals surface area contributed by atoms with Crippen LogP contribution in [0.4, 0.5) is 0 Å². The first-order valence-electron chi connectivity index (χ1n) is 6.33. The Balaban J connectivity index is 2.38. The van der Waals surface area contributed by atoms with E-state index in [2.05, 4.69) is 15.9 Å². The molecule has 0 saturated carbocycles. The van der Waals surface area contributed by atoms with Gasteiger partial charge in [0.1, 0.15) is 21.7 Å². The second-order valence-electron chi connectivity index (χ2n) is 4.35. The lowest BCUT2D eigenvalue weighted by atomic mass is 10.2. The minimum absolute atomic E-state index is 0.591. The standard InChI is InChI=1S/C16H17BrO4/c1-10-9-13(16(20-4)14(17)15(10)19-3)21-12-7-5-11(18-2)6-8-12/h5-9H,1-4H3. The Morgan fingerprint density at radius 1 is 0.810 bits per heavy atom. The summed E-state index contributed by atoms with van der Waals surface area (Å²) in [6.45, 7) is 1.95. The molecule has 5 heteroatoms. The van der Waals surface area contributed by atoms with Gasteiger partial charge in [0, 0.05) is 0 Å². The predicted octanol–water partition coefficient (Wildman–Crippen LogP) is 4.58. The molecule has 0 aliphatic carbocycles. The van der Waals surface area contributed by atoms with Crippen LogP contribution in [0.3, 0.4) is 0 Å². The molecule has 2 aromatic rings. The number of halogens is 1. The quantitative estimate of drug-likeness (QED) is 0.789. The molecule has 0 spiro atoms. The first kappa shape index (κ1) is 15.5. The lowest BCUT2D eigenvalue weighted by Crippen LogP contribution is -1.96. The van der Waals surface area contributed by atoms with Gasteiger partial charge in [-0.05, 0) is 58.7 Å². The third kappa shape index (κ3) is 3.24. The normalized spacial score (nSPS) is 10.1. The predicted molar refractivity (Wildman–Crippen MR) is 85.1 cm³/mol. The smallest absolute Gasteiger partial charge is 0.179 e. The molecule has 0 aliphatic rings. The Labute approximate surface area is 132 Å². The van der Waals surface area contributed by atoms with Crippen molar-refractivity contribution in [2.45, 2.75) is 6.92 Å². The molecule has 0 saturated heterocycles. The lowest BCUT2D eigenvalue weighted by Gasteiger charge is -2.16. The van der Waals surface area contributed by atoms with E-state index in [9.17, 15) is 0 Å². The number of rotatable bonds is 5. The first-order valence-corrected chi connectivity index (χ1v) is 7.13. The van der Waals surface area contributed by atoms with Gasteiger partial charge in [0.05, 0.1) is 21.3 Å². The fourth-order valence-corrected chi connectivity index (χ4v) is 2.83. The van der Waals surface area contributed by atoms with Crippen LogP contribution in [-0.2, 0) is 0 Å². The molecule has 112 valence electrons. The van der Waals surface area contributed by atoms with E-state index in [0.29, 0.717) is 17.2 Å². The fraction of sp³-hybridized carbons (Fsp3) is 0.250. The van der Waals surface area contributed by atoms with E-state index in [1.807, 2.05) is 37.3 Å². The van der Waals surface area contributed by atoms with Crippen LogP contribution in [0, 0.1) is 6.92 Å². The van der Waals surface area contributed by atoms with Crippen LogP contribution in [0.5, 0.6) is 28.7 Å². The number of methoxy groups -OCH3 is 3. The monoisotopic (exact) mass is 352 g/mol. The van der Waals surface area contributed by atoms with Gasteiger partial charge in [-0.15, -0.1) is 0 Å². The molecule has 0 heterocycles. The average molecular weight is 353 g/mol. The number of hydrogen-bond acceptors (Lipinski definition) is 4. The van der Waals surface area contributed by atoms with Gasteiger partial charge < -0.3 is 18.9 Å². The minimum Gasteiger partial charge on any atom is -0.497 e. The molecule has 0 fully saturated rings. The summed E-state index contributed by atoms with van der Waals surface area (Å²) >= 11 is 3.49. The highest BCUT2D eigenvalue weighted by Gasteiger charge is 2.17. The molecular formula is C16H17BrO4. The Hall–Kier alpha value is -1.88. The van der Waals surface area contributed by atoms with Crippen LogP contribution in [0.1, 0.15) is 5.56 Å². The highest BCUT2D eigenvalue weighted by Crippen LogP contribution is 2.45. The molecule has 2 rings (SSSR count). The molecule has 0 unspecified atom stereocenters. The maximum atomic E-state index is 5.89. The maximum absolute atomic E-state index is 5.89. The van der Waals surface area contributed by atoms with E-state index in [4.69, 9.17) is 18.9 Å². The largest absolute Gasteiger partial charge is 0.497 e. The van der Waals surface area contributed by atoms with E-state index in [0.717, 1.165) is 21.5 Å². The molecule has 0 bridgehead atoms. The molecule has 21 heavy (non-hydrogen) atoms. The van der Waals surface area contributed by atoms with Crippen LogP contribution >= 0.6 is 15.9 Å². The van der Waals surface area contributed by atoms with E-state index in [1.165, 1.54) is 0 Å². The van der Waals surface area contributed by atoms with E-state index in [-0.39, 0.29) is 0 Å². The zero-order valence-electron chi connectivity index (χ0n) is 12.4. The second-order valence-corrected chi connectivity index (χ2v) is 5.14. The highest BCUT2D eigenvalue weighted by molar-refractivity contribution is 9.10. The van der Waals surface area contributed by atoms with Gasteiger partial charge in [0.2, 0.25) is 0 Å². The molecule has 0 radical (unpaired) electrons. The molecule has 2 aromatic carbocycles. The molecular weight excluding hydrogens is 336 g/mol. The van der Waals surface area contributed by atoms with E-state index >= 15 is 0 Å². The summed E-state index contributed by atoms with van der Waals surface area (Å²) in [6.07, 6.45) is 0. The fourth-order valence-electron chi connectivity index (χ4n) is 2.00. The van der Waals surface area contributed by atoms with E-state index < -0.39 is 0 Å². The zero-order valence-corrected chi connectivity index (χ0v) is 14.0. The van der Waals surface area contributed by atoms with Crippen molar-refractivity contribution in [3.8, 4) is 28.7 Å². The number of ether oxygens (including phenoxy) is 4. The summed E-state index contributed by atoms with van der Waals surface area (Å²) in [4.78, 5) is 0. The topological polar surface area (TPSA) is 36.9 Å². The van der Waals surface area contributed by atoms with Crippen LogP contribution in [-0.4, -0.2) is 21.3 Å². The SMILES string of the molecule is COc1ccc(Oc2cc(C)c(OC)c(Br)c2OC)cc1. The van der Waals surface area contributed by atoms with Crippen molar-refractivity contribution >= 4 is 15.9 Å². The summed E-state index contributed by atoms with van der Waals surface area (Å²) < 4.78 is 22.5. The third-order valence-electron chi connectivity index (χ3n) is 3.02. The van der Waals surface area contributed by atoms with Crippen LogP contribution < -0.4 is 18.9 Å². The van der Waals surface area contributed by atoms with Crippen LogP contribution in [0.15, 0.2) is 34.8 Å². The second kappa shape index (κ2) is 6.72. The number of hydrogen-bond donors (Lipinski definition) is 0. The van der Waals surface area contributed by atoms with Gasteiger partial charge in [-0.2, -0.15) is 0 Å². The van der Waals surface area contributed by atoms with Gasteiger partial charge in [0.15, 0.2) is 11.5 Å². The Bertz CT molecular complexity index is 623. The molecule has 0 atom stereocenters. The summed E-state index contributed by atoms with van der Waals surface area (Å²) in [5.74, 6) is 3.42. The van der Waals surface area contributed by atoms with Gasteiger partial charge >= 0.3 is 0 Å². The van der Waals surface area contributed by atoms with Crippen molar-refractivity contribution < 1.29 is 18.9 Å². The molecule has 0 aromatic heterocycles. The maximum Gasteiger partial charge on any atom is 0.179 e. The van der Waals surface area contributed by atoms with Crippen molar-refractivity contribution in [2.24, 2.45) is 0 Å². The van der Waals surface area contributed by atoms with Crippen molar-refractivity contribution in [1.29, 1.82) is 0 Å². The lowest BCUT2D eigenvalue weighted by molar-refractivity contribution is 0.363. The minimum atomic E-state index is 0.591. The number of benzene rings is 2. The van der Waals surface area contributed by atoms with Gasteiger partial charge in [-0.1, -0.05) is 0 Å². The van der Waals surface area contributed by atoms with Crippen molar-refractivity contribution in [2.75, 3.05) is 21.3 Å². The molecule has 0 aliphatic heterocycles. The van der Waals surface area contributed by atoms with Crippen molar-refractivity contribution in [3.05, 3.63) is 40.4 Å². The average Bonchev–Trinajstić information content (AvgIpc) is 2.48. The van der Waals surface area contributed by atoms with Gasteiger partial charge in [-0.25, -0.2) is 0 Å². The summed E-state index contributed by atoms with van der Waals surface area (Å²) in [6, 6.07) is 9.24. The summed E-state index contributed by atoms with van der Waals surface area (Å²) in [5.41, 5.74) is 0.952. The number of aryl methyl sites for hydroxylation is 1. The highest BCUT2D eigenvalue weighted by atomic mass is 79.9. The Morgan fingerprint density at radius 2 is 1.38 bits per heavy atom. The zero-order chi connectivity index (χ0) is 15.4. The van der Waals surface area contributed by atoms with E-state index in [1.54, 1.807) is 21.3 Å².